The summed E-state index contributed by atoms with van der Waals surface area (Å²) in [6, 6.07) is 4.76. The normalized spacial score (nSPS) is 26.3. The van der Waals surface area contributed by atoms with Crippen molar-refractivity contribution in [3.63, 3.8) is 0 Å². The molecule has 5 atom stereocenters. The summed E-state index contributed by atoms with van der Waals surface area (Å²) in [5.41, 5.74) is -0.602. The Morgan fingerprint density at radius 2 is 1.83 bits per heavy atom. The van der Waals surface area contributed by atoms with E-state index in [2.05, 4.69) is 10.4 Å². The molecule has 2 aliphatic heterocycles. The van der Waals surface area contributed by atoms with Gasteiger partial charge in [0, 0.05) is 43.0 Å². The van der Waals surface area contributed by atoms with Gasteiger partial charge in [0.1, 0.15) is 34.9 Å². The van der Waals surface area contributed by atoms with Crippen LogP contribution in [-0.2, 0) is 31.3 Å². The first-order chi connectivity index (χ1) is 28.1. The van der Waals surface area contributed by atoms with Crippen molar-refractivity contribution in [3.8, 4) is 23.1 Å². The van der Waals surface area contributed by atoms with Crippen molar-refractivity contribution in [2.24, 2.45) is 18.4 Å². The topological polar surface area (TPSA) is 185 Å². The highest BCUT2D eigenvalue weighted by molar-refractivity contribution is 7.93. The van der Waals surface area contributed by atoms with Gasteiger partial charge in [0.05, 0.1) is 37.7 Å². The Labute approximate surface area is 345 Å². The Hall–Kier alpha value is -4.99. The van der Waals surface area contributed by atoms with Crippen LogP contribution in [0, 0.1) is 11.3 Å². The molecule has 1 saturated heterocycles. The predicted octanol–water partition coefficient (Wildman–Crippen LogP) is 4.94. The van der Waals surface area contributed by atoms with E-state index in [0.29, 0.717) is 60.3 Å². The van der Waals surface area contributed by atoms with E-state index >= 15 is 0 Å². The fraction of sp³-hybridized carbons (Fsp3) is 0.581. The predicted molar refractivity (Wildman–Crippen MR) is 218 cm³/mol. The lowest BCUT2D eigenvalue weighted by Gasteiger charge is -2.29. The van der Waals surface area contributed by atoms with Crippen LogP contribution in [0.2, 0.25) is 0 Å². The monoisotopic (exact) mass is 833 g/mol. The Kier molecular flexibility index (Phi) is 11.8. The second-order valence-corrected chi connectivity index (χ2v) is 19.5. The van der Waals surface area contributed by atoms with Crippen LogP contribution in [0.1, 0.15) is 95.5 Å². The first-order valence-corrected chi connectivity index (χ1v) is 22.2. The van der Waals surface area contributed by atoms with Gasteiger partial charge in [-0.05, 0) is 83.4 Å². The summed E-state index contributed by atoms with van der Waals surface area (Å²) in [5, 5.41) is 7.71. The third kappa shape index (κ3) is 8.69. The van der Waals surface area contributed by atoms with E-state index in [1.165, 1.54) is 23.8 Å². The average molecular weight is 834 g/mol. The third-order valence-corrected chi connectivity index (χ3v) is 14.9. The maximum atomic E-state index is 14.8. The van der Waals surface area contributed by atoms with Gasteiger partial charge < -0.3 is 29.2 Å². The van der Waals surface area contributed by atoms with Crippen LogP contribution in [0.3, 0.4) is 0 Å². The van der Waals surface area contributed by atoms with E-state index in [-0.39, 0.29) is 48.8 Å². The molecular formula is C43H55N5O10S. The highest BCUT2D eigenvalue weighted by Crippen LogP contribution is 2.58. The van der Waals surface area contributed by atoms with Crippen LogP contribution in [0.5, 0.6) is 23.1 Å². The maximum absolute atomic E-state index is 14.8. The van der Waals surface area contributed by atoms with Crippen LogP contribution >= 0.6 is 0 Å². The fourth-order valence-corrected chi connectivity index (χ4v) is 10.2. The molecule has 3 aromatic rings. The number of sulfone groups is 1. The molecule has 4 aliphatic rings. The summed E-state index contributed by atoms with van der Waals surface area (Å²) < 4.78 is 51.3. The first kappa shape index (κ1) is 42.1. The first-order valence-electron chi connectivity index (χ1n) is 20.5. The number of ether oxygens (including phenoxy) is 4. The van der Waals surface area contributed by atoms with E-state index in [0.717, 1.165) is 19.3 Å². The highest BCUT2D eigenvalue weighted by atomic mass is 32.2. The molecule has 1 aromatic carbocycles. The number of carbonyl (C=O) groups excluding carboxylic acids is 4. The summed E-state index contributed by atoms with van der Waals surface area (Å²) >= 11 is 0. The molecule has 0 radical (unpaired) electrons. The van der Waals surface area contributed by atoms with Gasteiger partial charge in [0.25, 0.3) is 5.91 Å². The van der Waals surface area contributed by atoms with Gasteiger partial charge in [0.2, 0.25) is 11.8 Å². The number of Topliss-reactive ketones (excluding diaryl/α,β-unsaturated/α-hetero) is 2. The molecule has 2 aromatic heterocycles. The number of methoxy groups -OCH3 is 2. The summed E-state index contributed by atoms with van der Waals surface area (Å²) in [4.78, 5) is 63.3. The van der Waals surface area contributed by atoms with Crippen molar-refractivity contribution in [1.29, 1.82) is 0 Å². The Bertz CT molecular complexity index is 2270. The van der Waals surface area contributed by atoms with E-state index in [1.807, 2.05) is 26.0 Å². The molecule has 1 N–H and O–H groups in total. The smallest absolute Gasteiger partial charge is 0.272 e. The zero-order valence-corrected chi connectivity index (χ0v) is 35.5. The highest BCUT2D eigenvalue weighted by Gasteiger charge is 2.62. The average Bonchev–Trinajstić information content (AvgIpc) is 3.99. The van der Waals surface area contributed by atoms with Gasteiger partial charge in [-0.3, -0.25) is 23.9 Å². The number of amides is 2. The number of aromatic nitrogens is 3. The van der Waals surface area contributed by atoms with Crippen molar-refractivity contribution in [1.82, 2.24) is 25.0 Å². The number of nitrogens with zero attached hydrogens (tertiary/aromatic N) is 4. The lowest BCUT2D eigenvalue weighted by Crippen LogP contribution is -2.52. The van der Waals surface area contributed by atoms with Gasteiger partial charge in [-0.2, -0.15) is 5.10 Å². The molecule has 15 nitrogen and oxygen atoms in total. The van der Waals surface area contributed by atoms with Crippen molar-refractivity contribution < 1.29 is 46.5 Å². The number of hydrogen-bond acceptors (Lipinski definition) is 12. The quantitative estimate of drug-likeness (QED) is 0.243. The second kappa shape index (κ2) is 16.6. The Morgan fingerprint density at radius 1 is 1.05 bits per heavy atom. The number of nitrogens with one attached hydrogen (secondary N) is 1. The summed E-state index contributed by atoms with van der Waals surface area (Å²) in [6.45, 7) is 5.41. The Morgan fingerprint density at radius 3 is 2.51 bits per heavy atom. The van der Waals surface area contributed by atoms with E-state index < -0.39 is 61.5 Å². The number of rotatable bonds is 12. The van der Waals surface area contributed by atoms with Crippen molar-refractivity contribution >= 4 is 44.1 Å². The minimum Gasteiger partial charge on any atom is -0.493 e. The summed E-state index contributed by atoms with van der Waals surface area (Å²) in [7, 11) is 1.01. The molecule has 2 amide bonds. The number of hydrogen-bond donors (Lipinski definition) is 1. The summed E-state index contributed by atoms with van der Waals surface area (Å²) in [5.74, 6) is -1.18. The van der Waals surface area contributed by atoms with Crippen LogP contribution in [0.15, 0.2) is 42.6 Å². The van der Waals surface area contributed by atoms with Crippen molar-refractivity contribution in [2.75, 3.05) is 26.5 Å². The molecule has 2 saturated carbocycles. The van der Waals surface area contributed by atoms with Gasteiger partial charge >= 0.3 is 0 Å². The molecule has 3 fully saturated rings. The minimum absolute atomic E-state index is 0.000311. The van der Waals surface area contributed by atoms with E-state index in [4.69, 9.17) is 23.9 Å². The molecule has 0 bridgehead atoms. The van der Waals surface area contributed by atoms with Gasteiger partial charge in [-0.1, -0.05) is 25.0 Å². The molecule has 16 heteroatoms. The standard InChI is InChI=1S/C43H55N5O10S/c1-26(2)57-37-21-35(29-14-15-34(55-5)39(56-6)38(29)45-37)58-28-20-32-33(49)23-43(36(50)25-59(53,54)42(3)17-18-42)22-27(43)12-10-8-7-9-11-13-31(41(52)48(32)24-28)44-40(51)30-16-19-47(4)46-30/h10,12,14-16,19,21,26-28,31-32H,7-9,11,13,17-18,20,22-25H2,1-6H3,(H,44,51)/b12-10-/t27-,28-,31+,32+,43-/m1/s1. The molecular weight excluding hydrogens is 779 g/mol. The van der Waals surface area contributed by atoms with Gasteiger partial charge in [0.15, 0.2) is 32.9 Å². The van der Waals surface area contributed by atoms with Gasteiger partial charge in [-0.25, -0.2) is 13.4 Å². The minimum atomic E-state index is -3.73. The van der Waals surface area contributed by atoms with Gasteiger partial charge in [-0.15, -0.1) is 0 Å². The maximum Gasteiger partial charge on any atom is 0.272 e. The lowest BCUT2D eigenvalue weighted by atomic mass is 9.88. The van der Waals surface area contributed by atoms with Crippen LogP contribution < -0.4 is 24.3 Å². The summed E-state index contributed by atoms with van der Waals surface area (Å²) in [6.07, 6.45) is 9.21. The number of benzene rings is 1. The molecule has 0 spiro atoms. The molecule has 2 aliphatic carbocycles. The number of aryl methyl sites for hydroxylation is 1. The number of pyridine rings is 1. The number of fused-ring (bicyclic) bond motifs is 3. The molecule has 4 heterocycles. The van der Waals surface area contributed by atoms with Crippen LogP contribution in [0.4, 0.5) is 0 Å². The van der Waals surface area contributed by atoms with Crippen LogP contribution in [-0.4, -0.2) is 107 Å². The van der Waals surface area contributed by atoms with E-state index in [1.54, 1.807) is 44.4 Å². The number of carbonyl (C=O) groups is 4. The lowest BCUT2D eigenvalue weighted by molar-refractivity contribution is -0.140. The second-order valence-electron chi connectivity index (χ2n) is 17.0. The third-order valence-electron chi connectivity index (χ3n) is 12.3. The fourth-order valence-electron chi connectivity index (χ4n) is 8.45. The van der Waals surface area contributed by atoms with Crippen LogP contribution in [0.25, 0.3) is 10.9 Å². The van der Waals surface area contributed by atoms with E-state index in [9.17, 15) is 27.6 Å². The largest absolute Gasteiger partial charge is 0.493 e. The van der Waals surface area contributed by atoms with Crippen molar-refractivity contribution in [2.45, 2.75) is 114 Å². The zero-order valence-electron chi connectivity index (χ0n) is 34.7. The SMILES string of the molecule is COc1ccc2c(O[C@@H]3C[C@H]4C(=O)C[C@]5(C(=O)CS(=O)(=O)C6(C)CC6)C[C@H]5/C=C\CCCCC[C@H](NC(=O)c5ccn(C)n5)C(=O)N4C3)cc(OC(C)C)nc2c1OC. The molecule has 59 heavy (non-hydrogen) atoms. The number of allylic oxidation sites excluding steroid dienone is 2. The molecule has 318 valence electrons. The Balaban J connectivity index is 1.24. The number of ketones is 2. The molecule has 7 rings (SSSR count). The van der Waals surface area contributed by atoms with Crippen molar-refractivity contribution in [3.05, 3.63) is 48.3 Å². The molecule has 0 unspecified atom stereocenters. The zero-order chi connectivity index (χ0) is 42.3.